The van der Waals surface area contributed by atoms with Gasteiger partial charge in [-0.25, -0.2) is 0 Å². The molecule has 2 aromatic carbocycles. The van der Waals surface area contributed by atoms with Crippen molar-refractivity contribution in [2.45, 2.75) is 32.7 Å². The van der Waals surface area contributed by atoms with Crippen molar-refractivity contribution >= 4 is 16.9 Å². The molecule has 1 amide bonds. The van der Waals surface area contributed by atoms with Gasteiger partial charge in [0.25, 0.3) is 5.91 Å². The summed E-state index contributed by atoms with van der Waals surface area (Å²) in [6.45, 7) is 10.6. The Balaban J connectivity index is 1.59. The normalized spacial score (nSPS) is 19.0. The maximum atomic E-state index is 13.7. The minimum absolute atomic E-state index is 0.116. The fraction of sp³-hybridized carbons (Fsp3) is 0.407. The van der Waals surface area contributed by atoms with Crippen molar-refractivity contribution in [2.24, 2.45) is 0 Å². The number of aryl methyl sites for hydroxylation is 1. The molecule has 1 aromatic heterocycles. The van der Waals surface area contributed by atoms with Crippen LogP contribution in [0.5, 0.6) is 0 Å². The van der Waals surface area contributed by atoms with E-state index in [2.05, 4.69) is 30.9 Å². The lowest BCUT2D eigenvalue weighted by Gasteiger charge is -2.31. The predicted octanol–water partition coefficient (Wildman–Crippen LogP) is 4.10. The van der Waals surface area contributed by atoms with Gasteiger partial charge < -0.3 is 14.1 Å². The summed E-state index contributed by atoms with van der Waals surface area (Å²) in [6.07, 6.45) is 0. The summed E-state index contributed by atoms with van der Waals surface area (Å²) in [6, 6.07) is 13.4. The molecule has 5 rings (SSSR count). The third kappa shape index (κ3) is 3.98. The summed E-state index contributed by atoms with van der Waals surface area (Å²) in [7, 11) is 0. The first-order valence-electron chi connectivity index (χ1n) is 11.7. The fourth-order valence-electron chi connectivity index (χ4n) is 4.85. The Hall–Kier alpha value is -2.96. The molecule has 0 aliphatic carbocycles. The topological polar surface area (TPSA) is 63.0 Å². The zero-order valence-electron chi connectivity index (χ0n) is 19.5. The van der Waals surface area contributed by atoms with E-state index in [1.165, 1.54) is 5.56 Å². The maximum absolute atomic E-state index is 13.7. The molecule has 3 aromatic rings. The van der Waals surface area contributed by atoms with Gasteiger partial charge in [-0.05, 0) is 36.1 Å². The number of ether oxygens (including phenoxy) is 1. The molecule has 172 valence electrons. The third-order valence-corrected chi connectivity index (χ3v) is 6.80. The second-order valence-electron chi connectivity index (χ2n) is 9.35. The molecule has 0 spiro atoms. The number of nitrogens with zero attached hydrogens (tertiary/aromatic N) is 2. The Morgan fingerprint density at radius 1 is 1.00 bits per heavy atom. The van der Waals surface area contributed by atoms with Crippen LogP contribution < -0.4 is 5.43 Å². The van der Waals surface area contributed by atoms with E-state index < -0.39 is 6.04 Å². The number of benzene rings is 2. The van der Waals surface area contributed by atoms with E-state index in [1.54, 1.807) is 11.0 Å². The Labute approximate surface area is 193 Å². The molecule has 0 saturated carbocycles. The van der Waals surface area contributed by atoms with Gasteiger partial charge in [0.15, 0.2) is 5.43 Å². The van der Waals surface area contributed by atoms with Gasteiger partial charge in [0.05, 0.1) is 30.2 Å². The quantitative estimate of drug-likeness (QED) is 0.590. The van der Waals surface area contributed by atoms with Gasteiger partial charge in [-0.3, -0.25) is 14.5 Å². The lowest BCUT2D eigenvalue weighted by Crippen LogP contribution is -2.42. The third-order valence-electron chi connectivity index (χ3n) is 6.80. The molecule has 0 radical (unpaired) electrons. The van der Waals surface area contributed by atoms with Crippen LogP contribution in [0.3, 0.4) is 0 Å². The molecule has 2 aliphatic heterocycles. The zero-order chi connectivity index (χ0) is 23.1. The Morgan fingerprint density at radius 3 is 2.42 bits per heavy atom. The van der Waals surface area contributed by atoms with Gasteiger partial charge in [-0.15, -0.1) is 0 Å². The highest BCUT2D eigenvalue weighted by molar-refractivity contribution is 5.99. The maximum Gasteiger partial charge on any atom is 0.290 e. The predicted molar refractivity (Wildman–Crippen MR) is 128 cm³/mol. The van der Waals surface area contributed by atoms with Crippen LogP contribution in [0, 0.1) is 6.92 Å². The SMILES string of the molecule is Cc1ccc2oc3c(c(=O)c2c1)C(c1ccc(C(C)C)cc1)N(CCN1CCOCC1)C3=O. The van der Waals surface area contributed by atoms with Crippen LogP contribution in [-0.4, -0.2) is 55.1 Å². The minimum atomic E-state index is -0.448. The molecule has 33 heavy (non-hydrogen) atoms. The van der Waals surface area contributed by atoms with Gasteiger partial charge in [-0.2, -0.15) is 0 Å². The van der Waals surface area contributed by atoms with Crippen molar-refractivity contribution in [3.05, 3.63) is 80.7 Å². The van der Waals surface area contributed by atoms with Crippen LogP contribution in [0.4, 0.5) is 0 Å². The highest BCUT2D eigenvalue weighted by atomic mass is 16.5. The molecule has 1 unspecified atom stereocenters. The van der Waals surface area contributed by atoms with E-state index in [1.807, 2.05) is 31.2 Å². The lowest BCUT2D eigenvalue weighted by atomic mass is 9.95. The van der Waals surface area contributed by atoms with E-state index in [-0.39, 0.29) is 17.1 Å². The zero-order valence-corrected chi connectivity index (χ0v) is 19.5. The average molecular weight is 447 g/mol. The van der Waals surface area contributed by atoms with Gasteiger partial charge in [0.2, 0.25) is 5.76 Å². The lowest BCUT2D eigenvalue weighted by molar-refractivity contribution is 0.0314. The molecular weight excluding hydrogens is 416 g/mol. The summed E-state index contributed by atoms with van der Waals surface area (Å²) < 4.78 is 11.5. The monoisotopic (exact) mass is 446 g/mol. The van der Waals surface area contributed by atoms with Crippen molar-refractivity contribution in [1.82, 2.24) is 9.80 Å². The fourth-order valence-corrected chi connectivity index (χ4v) is 4.85. The minimum Gasteiger partial charge on any atom is -0.450 e. The molecule has 0 bridgehead atoms. The van der Waals surface area contributed by atoms with E-state index in [4.69, 9.17) is 9.15 Å². The molecule has 1 saturated heterocycles. The Bertz CT molecular complexity index is 1240. The summed E-state index contributed by atoms with van der Waals surface area (Å²) >= 11 is 0. The molecule has 1 fully saturated rings. The number of morpholine rings is 1. The first-order chi connectivity index (χ1) is 15.9. The number of carbonyl (C=O) groups excluding carboxylic acids is 1. The molecular formula is C27H30N2O4. The van der Waals surface area contributed by atoms with Crippen LogP contribution in [0.25, 0.3) is 11.0 Å². The number of hydrogen-bond donors (Lipinski definition) is 0. The first-order valence-corrected chi connectivity index (χ1v) is 11.7. The van der Waals surface area contributed by atoms with Gasteiger partial charge in [0, 0.05) is 26.2 Å². The summed E-state index contributed by atoms with van der Waals surface area (Å²) in [5.74, 6) is 0.373. The highest BCUT2D eigenvalue weighted by Crippen LogP contribution is 2.38. The van der Waals surface area contributed by atoms with E-state index in [0.29, 0.717) is 42.2 Å². The van der Waals surface area contributed by atoms with Gasteiger partial charge in [-0.1, -0.05) is 49.7 Å². The molecule has 3 heterocycles. The largest absolute Gasteiger partial charge is 0.450 e. The van der Waals surface area contributed by atoms with Crippen molar-refractivity contribution in [1.29, 1.82) is 0 Å². The summed E-state index contributed by atoms with van der Waals surface area (Å²) in [4.78, 5) is 31.3. The number of amides is 1. The first kappa shape index (κ1) is 21.9. The number of rotatable bonds is 5. The number of hydrogen-bond acceptors (Lipinski definition) is 5. The number of fused-ring (bicyclic) bond motifs is 2. The standard InChI is InChI=1S/C27H30N2O4/c1-17(2)19-5-7-20(8-6-19)24-23-25(30)21-16-18(3)4-9-22(21)33-26(23)27(31)29(24)11-10-28-12-14-32-15-13-28/h4-9,16-17,24H,10-15H2,1-3H3. The van der Waals surface area contributed by atoms with Crippen LogP contribution >= 0.6 is 0 Å². The average Bonchev–Trinajstić information content (AvgIpc) is 3.10. The van der Waals surface area contributed by atoms with Gasteiger partial charge in [0.1, 0.15) is 5.58 Å². The van der Waals surface area contributed by atoms with E-state index in [0.717, 1.165) is 30.8 Å². The molecule has 2 aliphatic rings. The Kier molecular flexibility index (Phi) is 5.81. The van der Waals surface area contributed by atoms with Crippen molar-refractivity contribution in [3.8, 4) is 0 Å². The summed E-state index contributed by atoms with van der Waals surface area (Å²) in [5, 5.41) is 0.528. The van der Waals surface area contributed by atoms with E-state index in [9.17, 15) is 9.59 Å². The second-order valence-corrected chi connectivity index (χ2v) is 9.35. The molecule has 0 N–H and O–H groups in total. The van der Waals surface area contributed by atoms with Crippen LogP contribution in [-0.2, 0) is 4.74 Å². The smallest absolute Gasteiger partial charge is 0.290 e. The van der Waals surface area contributed by atoms with Crippen LogP contribution in [0.1, 0.15) is 58.6 Å². The van der Waals surface area contributed by atoms with E-state index >= 15 is 0 Å². The van der Waals surface area contributed by atoms with Crippen LogP contribution in [0.15, 0.2) is 51.7 Å². The summed E-state index contributed by atoms with van der Waals surface area (Å²) in [5.41, 5.74) is 3.95. The molecule has 6 heteroatoms. The molecule has 6 nitrogen and oxygen atoms in total. The molecule has 1 atom stereocenters. The van der Waals surface area contributed by atoms with Crippen molar-refractivity contribution in [2.75, 3.05) is 39.4 Å². The van der Waals surface area contributed by atoms with Gasteiger partial charge >= 0.3 is 0 Å². The van der Waals surface area contributed by atoms with Crippen LogP contribution in [0.2, 0.25) is 0 Å². The van der Waals surface area contributed by atoms with Crippen molar-refractivity contribution in [3.63, 3.8) is 0 Å². The van der Waals surface area contributed by atoms with Crippen molar-refractivity contribution < 1.29 is 13.9 Å². The second kappa shape index (κ2) is 8.76. The number of carbonyl (C=O) groups is 1. The Morgan fingerprint density at radius 2 is 1.73 bits per heavy atom. The highest BCUT2D eigenvalue weighted by Gasteiger charge is 2.42.